The van der Waals surface area contributed by atoms with Crippen LogP contribution in [0.2, 0.25) is 10.0 Å². The van der Waals surface area contributed by atoms with Crippen LogP contribution in [0.15, 0.2) is 54.9 Å². The number of nitrogens with zero attached hydrogens (tertiary/aromatic N) is 4. The summed E-state index contributed by atoms with van der Waals surface area (Å²) < 4.78 is 19.0. The van der Waals surface area contributed by atoms with E-state index in [1.54, 1.807) is 41.3 Å². The third-order valence-corrected chi connectivity index (χ3v) is 5.57. The molecule has 1 fully saturated rings. The Morgan fingerprint density at radius 1 is 1.13 bits per heavy atom. The molecular weight excluding hydrogens is 442 g/mol. The molecule has 1 aromatic heterocycles. The number of anilines is 1. The van der Waals surface area contributed by atoms with Gasteiger partial charge in [-0.05, 0) is 37.3 Å². The van der Waals surface area contributed by atoms with Crippen LogP contribution >= 0.6 is 23.2 Å². The van der Waals surface area contributed by atoms with Gasteiger partial charge in [0.15, 0.2) is 0 Å². The van der Waals surface area contributed by atoms with E-state index in [-0.39, 0.29) is 17.8 Å². The van der Waals surface area contributed by atoms with Crippen molar-refractivity contribution in [2.75, 3.05) is 24.5 Å². The van der Waals surface area contributed by atoms with Gasteiger partial charge in [0.2, 0.25) is 5.88 Å². The zero-order valence-corrected chi connectivity index (χ0v) is 18.1. The fraction of sp³-hybridized carbons (Fsp3) is 0.227. The normalized spacial score (nSPS) is 16.3. The SMILES string of the molecule is C[C@@H]1CN(c2cc(Oc3cccc(F)c3)ncn2)CCN1C(=O)c1ccc(Cl)cc1Cl. The van der Waals surface area contributed by atoms with E-state index in [1.165, 1.54) is 18.5 Å². The van der Waals surface area contributed by atoms with Gasteiger partial charge < -0.3 is 14.5 Å². The smallest absolute Gasteiger partial charge is 0.255 e. The average Bonchev–Trinajstić information content (AvgIpc) is 2.73. The summed E-state index contributed by atoms with van der Waals surface area (Å²) >= 11 is 12.2. The Morgan fingerprint density at radius 3 is 2.71 bits per heavy atom. The summed E-state index contributed by atoms with van der Waals surface area (Å²) in [7, 11) is 0. The van der Waals surface area contributed by atoms with Crippen molar-refractivity contribution in [1.82, 2.24) is 14.9 Å². The van der Waals surface area contributed by atoms with E-state index in [4.69, 9.17) is 27.9 Å². The fourth-order valence-corrected chi connectivity index (χ4v) is 3.98. The number of carbonyl (C=O) groups is 1. The number of rotatable bonds is 4. The molecular formula is C22H19Cl2FN4O2. The molecule has 1 amide bonds. The molecule has 4 rings (SSSR count). The minimum absolute atomic E-state index is 0.0736. The maximum atomic E-state index is 13.4. The highest BCUT2D eigenvalue weighted by Crippen LogP contribution is 2.27. The third-order valence-electron chi connectivity index (χ3n) is 5.02. The van der Waals surface area contributed by atoms with Gasteiger partial charge in [-0.25, -0.2) is 14.4 Å². The second-order valence-corrected chi connectivity index (χ2v) is 8.04. The minimum atomic E-state index is -0.387. The Labute approximate surface area is 189 Å². The van der Waals surface area contributed by atoms with E-state index >= 15 is 0 Å². The largest absolute Gasteiger partial charge is 0.439 e. The van der Waals surface area contributed by atoms with Crippen molar-refractivity contribution in [2.45, 2.75) is 13.0 Å². The summed E-state index contributed by atoms with van der Waals surface area (Å²) in [4.78, 5) is 25.3. The zero-order chi connectivity index (χ0) is 22.0. The van der Waals surface area contributed by atoms with Gasteiger partial charge in [-0.15, -0.1) is 0 Å². The molecule has 9 heteroatoms. The molecule has 1 aliphatic heterocycles. The van der Waals surface area contributed by atoms with Crippen LogP contribution in [0, 0.1) is 5.82 Å². The van der Waals surface area contributed by atoms with Gasteiger partial charge in [-0.2, -0.15) is 0 Å². The van der Waals surface area contributed by atoms with Gasteiger partial charge in [0.1, 0.15) is 23.7 Å². The van der Waals surface area contributed by atoms with Crippen LogP contribution in [0.5, 0.6) is 11.6 Å². The summed E-state index contributed by atoms with van der Waals surface area (Å²) in [6, 6.07) is 12.3. The summed E-state index contributed by atoms with van der Waals surface area (Å²) in [5, 5.41) is 0.821. The quantitative estimate of drug-likeness (QED) is 0.544. The third kappa shape index (κ3) is 4.89. The van der Waals surface area contributed by atoms with E-state index < -0.39 is 0 Å². The molecule has 0 spiro atoms. The summed E-state index contributed by atoms with van der Waals surface area (Å²) in [6.07, 6.45) is 1.40. The van der Waals surface area contributed by atoms with Crippen LogP contribution in [0.25, 0.3) is 0 Å². The van der Waals surface area contributed by atoms with Gasteiger partial charge >= 0.3 is 0 Å². The molecule has 0 unspecified atom stereocenters. The van der Waals surface area contributed by atoms with Crippen molar-refractivity contribution in [3.63, 3.8) is 0 Å². The Bertz CT molecular complexity index is 1110. The van der Waals surface area contributed by atoms with Crippen molar-refractivity contribution in [1.29, 1.82) is 0 Å². The molecule has 3 aromatic rings. The predicted octanol–water partition coefficient (Wildman–Crippen LogP) is 5.07. The Kier molecular flexibility index (Phi) is 6.25. The first-order valence-electron chi connectivity index (χ1n) is 9.67. The number of hydrogen-bond acceptors (Lipinski definition) is 5. The van der Waals surface area contributed by atoms with Crippen LogP contribution < -0.4 is 9.64 Å². The van der Waals surface area contributed by atoms with Crippen molar-refractivity contribution in [3.05, 3.63) is 76.3 Å². The first-order valence-corrected chi connectivity index (χ1v) is 10.4. The number of ether oxygens (including phenoxy) is 1. The van der Waals surface area contributed by atoms with Crippen LogP contribution in [0.4, 0.5) is 10.2 Å². The highest BCUT2D eigenvalue weighted by molar-refractivity contribution is 6.36. The monoisotopic (exact) mass is 460 g/mol. The van der Waals surface area contributed by atoms with E-state index in [2.05, 4.69) is 14.9 Å². The molecule has 1 atom stereocenters. The van der Waals surface area contributed by atoms with E-state index in [1.807, 2.05) is 6.92 Å². The number of hydrogen-bond donors (Lipinski definition) is 0. The Hall–Kier alpha value is -2.90. The van der Waals surface area contributed by atoms with Crippen LogP contribution in [-0.2, 0) is 0 Å². The van der Waals surface area contributed by atoms with Crippen LogP contribution in [0.1, 0.15) is 17.3 Å². The zero-order valence-electron chi connectivity index (χ0n) is 16.6. The topological polar surface area (TPSA) is 58.6 Å². The lowest BCUT2D eigenvalue weighted by Crippen LogP contribution is -2.54. The number of piperazine rings is 1. The highest BCUT2D eigenvalue weighted by Gasteiger charge is 2.30. The Balaban J connectivity index is 1.45. The predicted molar refractivity (Wildman–Crippen MR) is 118 cm³/mol. The second-order valence-electron chi connectivity index (χ2n) is 7.19. The van der Waals surface area contributed by atoms with Crippen molar-refractivity contribution < 1.29 is 13.9 Å². The fourth-order valence-electron chi connectivity index (χ4n) is 3.49. The lowest BCUT2D eigenvalue weighted by atomic mass is 10.1. The minimum Gasteiger partial charge on any atom is -0.439 e. The van der Waals surface area contributed by atoms with Crippen LogP contribution in [-0.4, -0.2) is 46.5 Å². The maximum absolute atomic E-state index is 13.4. The van der Waals surface area contributed by atoms with E-state index in [0.29, 0.717) is 52.7 Å². The molecule has 0 saturated carbocycles. The number of carbonyl (C=O) groups excluding carboxylic acids is 1. The molecule has 0 radical (unpaired) electrons. The summed E-state index contributed by atoms with van der Waals surface area (Å²) in [5.74, 6) is 0.821. The van der Waals surface area contributed by atoms with Gasteiger partial charge in [0.25, 0.3) is 5.91 Å². The molecule has 160 valence electrons. The van der Waals surface area contributed by atoms with Gasteiger partial charge in [0, 0.05) is 42.8 Å². The number of halogens is 3. The second kappa shape index (κ2) is 9.08. The Morgan fingerprint density at radius 2 is 1.97 bits per heavy atom. The molecule has 0 aliphatic carbocycles. The van der Waals surface area contributed by atoms with Gasteiger partial charge in [-0.1, -0.05) is 29.3 Å². The molecule has 2 aromatic carbocycles. The molecule has 31 heavy (non-hydrogen) atoms. The standard InChI is InChI=1S/C22H19Cl2FN4O2/c1-14-12-28(7-8-29(14)22(30)18-6-5-15(23)9-19(18)24)20-11-21(27-13-26-20)31-17-4-2-3-16(25)10-17/h2-6,9-11,13-14H,7-8,12H2,1H3/t14-/m1/s1. The number of benzene rings is 2. The van der Waals surface area contributed by atoms with E-state index in [9.17, 15) is 9.18 Å². The molecule has 0 bridgehead atoms. The molecule has 2 heterocycles. The number of aromatic nitrogens is 2. The number of amides is 1. The molecule has 6 nitrogen and oxygen atoms in total. The van der Waals surface area contributed by atoms with Crippen molar-refractivity contribution >= 4 is 34.9 Å². The first kappa shape index (κ1) is 21.3. The molecule has 1 aliphatic rings. The summed E-state index contributed by atoms with van der Waals surface area (Å²) in [6.45, 7) is 3.63. The first-order chi connectivity index (χ1) is 14.9. The van der Waals surface area contributed by atoms with Crippen molar-refractivity contribution in [2.24, 2.45) is 0 Å². The lowest BCUT2D eigenvalue weighted by molar-refractivity contribution is 0.0674. The molecule has 1 saturated heterocycles. The van der Waals surface area contributed by atoms with Crippen molar-refractivity contribution in [3.8, 4) is 11.6 Å². The van der Waals surface area contributed by atoms with Crippen LogP contribution in [0.3, 0.4) is 0 Å². The van der Waals surface area contributed by atoms with Gasteiger partial charge in [-0.3, -0.25) is 4.79 Å². The molecule has 0 N–H and O–H groups in total. The highest BCUT2D eigenvalue weighted by atomic mass is 35.5. The van der Waals surface area contributed by atoms with E-state index in [0.717, 1.165) is 0 Å². The summed E-state index contributed by atoms with van der Waals surface area (Å²) in [5.41, 5.74) is 0.430. The maximum Gasteiger partial charge on any atom is 0.255 e. The lowest BCUT2D eigenvalue weighted by Gasteiger charge is -2.40. The average molecular weight is 461 g/mol. The van der Waals surface area contributed by atoms with Gasteiger partial charge in [0.05, 0.1) is 10.6 Å².